The molecule has 0 aliphatic carbocycles. The summed E-state index contributed by atoms with van der Waals surface area (Å²) >= 11 is 0. The highest BCUT2D eigenvalue weighted by molar-refractivity contribution is 5.06. The molecule has 0 radical (unpaired) electrons. The summed E-state index contributed by atoms with van der Waals surface area (Å²) < 4.78 is 16.7. The van der Waals surface area contributed by atoms with E-state index in [1.165, 1.54) is 0 Å². The minimum absolute atomic E-state index is 0.0128. The lowest BCUT2D eigenvalue weighted by Crippen LogP contribution is -2.45. The number of oxazole rings is 1. The second-order valence-corrected chi connectivity index (χ2v) is 5.52. The van der Waals surface area contributed by atoms with Crippen molar-refractivity contribution in [2.75, 3.05) is 19.8 Å². The van der Waals surface area contributed by atoms with E-state index in [1.807, 2.05) is 6.92 Å². The summed E-state index contributed by atoms with van der Waals surface area (Å²) in [5, 5.41) is 0. The van der Waals surface area contributed by atoms with Crippen LogP contribution in [-0.4, -0.2) is 30.4 Å². The van der Waals surface area contributed by atoms with Gasteiger partial charge in [-0.25, -0.2) is 4.98 Å². The number of hydrazine groups is 1. The molecule has 2 aliphatic rings. The number of rotatable bonds is 3. The number of hydrogen-bond acceptors (Lipinski definition) is 6. The zero-order valence-electron chi connectivity index (χ0n) is 11.2. The Bertz CT molecular complexity index is 429. The molecular weight excluding hydrogens is 246 g/mol. The highest BCUT2D eigenvalue weighted by Gasteiger charge is 2.43. The Morgan fingerprint density at radius 2 is 2.42 bits per heavy atom. The normalized spacial score (nSPS) is 32.8. The SMILES string of the molecule is Cc1nc(C(NN)C2CCOC3(CCOC3)C2)co1. The van der Waals surface area contributed by atoms with Gasteiger partial charge in [0.25, 0.3) is 0 Å². The molecule has 3 N–H and O–H groups in total. The molecule has 0 aromatic carbocycles. The maximum absolute atomic E-state index is 5.95. The molecule has 2 saturated heterocycles. The molecule has 1 aromatic heterocycles. The van der Waals surface area contributed by atoms with Crippen LogP contribution in [0.4, 0.5) is 0 Å². The van der Waals surface area contributed by atoms with Gasteiger partial charge in [0.15, 0.2) is 5.89 Å². The van der Waals surface area contributed by atoms with Gasteiger partial charge in [-0.2, -0.15) is 0 Å². The first-order chi connectivity index (χ1) is 9.22. The van der Waals surface area contributed by atoms with Gasteiger partial charge in [-0.15, -0.1) is 0 Å². The molecule has 106 valence electrons. The van der Waals surface area contributed by atoms with Gasteiger partial charge in [0, 0.05) is 26.6 Å². The predicted octanol–water partition coefficient (Wildman–Crippen LogP) is 1.07. The van der Waals surface area contributed by atoms with Crippen molar-refractivity contribution >= 4 is 0 Å². The third kappa shape index (κ3) is 2.53. The highest BCUT2D eigenvalue weighted by atomic mass is 16.6. The average Bonchev–Trinajstić information content (AvgIpc) is 3.01. The Morgan fingerprint density at radius 1 is 1.53 bits per heavy atom. The van der Waals surface area contributed by atoms with E-state index in [-0.39, 0.29) is 11.6 Å². The summed E-state index contributed by atoms with van der Waals surface area (Å²) in [6.07, 6.45) is 4.59. The summed E-state index contributed by atoms with van der Waals surface area (Å²) in [5.41, 5.74) is 3.65. The van der Waals surface area contributed by atoms with Crippen molar-refractivity contribution in [1.82, 2.24) is 10.4 Å². The minimum Gasteiger partial charge on any atom is -0.449 e. The van der Waals surface area contributed by atoms with E-state index in [0.717, 1.165) is 38.2 Å². The molecular formula is C13H21N3O3. The lowest BCUT2D eigenvalue weighted by molar-refractivity contribution is -0.103. The lowest BCUT2D eigenvalue weighted by atomic mass is 9.80. The van der Waals surface area contributed by atoms with Crippen LogP contribution in [0.3, 0.4) is 0 Å². The number of ether oxygens (including phenoxy) is 2. The standard InChI is InChI=1S/C13H21N3O3/c1-9-15-11(7-18-9)12(16-14)10-2-4-19-13(6-10)3-5-17-8-13/h7,10,12,16H,2-6,8,14H2,1H3. The number of nitrogens with zero attached hydrogens (tertiary/aromatic N) is 1. The molecule has 19 heavy (non-hydrogen) atoms. The van der Waals surface area contributed by atoms with Gasteiger partial charge < -0.3 is 13.9 Å². The van der Waals surface area contributed by atoms with Gasteiger partial charge in [-0.1, -0.05) is 0 Å². The summed E-state index contributed by atoms with van der Waals surface area (Å²) in [6.45, 7) is 4.07. The van der Waals surface area contributed by atoms with E-state index < -0.39 is 0 Å². The second-order valence-electron chi connectivity index (χ2n) is 5.52. The predicted molar refractivity (Wildman–Crippen MR) is 68.1 cm³/mol. The van der Waals surface area contributed by atoms with Crippen LogP contribution in [0.5, 0.6) is 0 Å². The quantitative estimate of drug-likeness (QED) is 0.630. The van der Waals surface area contributed by atoms with Crippen molar-refractivity contribution in [1.29, 1.82) is 0 Å². The van der Waals surface area contributed by atoms with E-state index in [4.69, 9.17) is 19.7 Å². The minimum atomic E-state index is -0.114. The largest absolute Gasteiger partial charge is 0.449 e. The van der Waals surface area contributed by atoms with Gasteiger partial charge in [0.05, 0.1) is 23.9 Å². The van der Waals surface area contributed by atoms with Crippen LogP contribution < -0.4 is 11.3 Å². The topological polar surface area (TPSA) is 82.5 Å². The fourth-order valence-electron chi connectivity index (χ4n) is 3.20. The van der Waals surface area contributed by atoms with Crippen molar-refractivity contribution in [3.8, 4) is 0 Å². The highest BCUT2D eigenvalue weighted by Crippen LogP contribution is 2.40. The van der Waals surface area contributed by atoms with Gasteiger partial charge >= 0.3 is 0 Å². The molecule has 3 atom stereocenters. The van der Waals surface area contributed by atoms with E-state index in [9.17, 15) is 0 Å². The Labute approximate surface area is 112 Å². The summed E-state index contributed by atoms with van der Waals surface area (Å²) in [4.78, 5) is 4.39. The first-order valence-corrected chi connectivity index (χ1v) is 6.82. The second kappa shape index (κ2) is 5.20. The molecule has 0 bridgehead atoms. The Kier molecular flexibility index (Phi) is 3.58. The van der Waals surface area contributed by atoms with E-state index in [1.54, 1.807) is 6.26 Å². The fourth-order valence-corrected chi connectivity index (χ4v) is 3.20. The molecule has 2 fully saturated rings. The summed E-state index contributed by atoms with van der Waals surface area (Å²) in [5.74, 6) is 6.79. The van der Waals surface area contributed by atoms with Crippen molar-refractivity contribution in [2.24, 2.45) is 11.8 Å². The van der Waals surface area contributed by atoms with Crippen LogP contribution in [0, 0.1) is 12.8 Å². The summed E-state index contributed by atoms with van der Waals surface area (Å²) in [7, 11) is 0. The smallest absolute Gasteiger partial charge is 0.191 e. The molecule has 3 heterocycles. The van der Waals surface area contributed by atoms with Crippen LogP contribution in [0.25, 0.3) is 0 Å². The molecule has 3 rings (SSSR count). The maximum Gasteiger partial charge on any atom is 0.191 e. The van der Waals surface area contributed by atoms with Gasteiger partial charge in [0.2, 0.25) is 0 Å². The first kappa shape index (κ1) is 13.1. The Hall–Kier alpha value is -0.950. The van der Waals surface area contributed by atoms with E-state index >= 15 is 0 Å². The van der Waals surface area contributed by atoms with Crippen LogP contribution in [-0.2, 0) is 9.47 Å². The van der Waals surface area contributed by atoms with Crippen molar-refractivity contribution in [3.05, 3.63) is 17.8 Å². The number of aromatic nitrogens is 1. The molecule has 2 aliphatic heterocycles. The molecule has 1 spiro atoms. The molecule has 6 heteroatoms. The van der Waals surface area contributed by atoms with Crippen LogP contribution >= 0.6 is 0 Å². The van der Waals surface area contributed by atoms with Gasteiger partial charge in [0.1, 0.15) is 6.26 Å². The number of aryl methyl sites for hydroxylation is 1. The molecule has 6 nitrogen and oxygen atoms in total. The van der Waals surface area contributed by atoms with Crippen LogP contribution in [0.15, 0.2) is 10.7 Å². The number of hydrogen-bond donors (Lipinski definition) is 2. The zero-order chi connectivity index (χ0) is 13.3. The van der Waals surface area contributed by atoms with E-state index in [0.29, 0.717) is 18.4 Å². The Morgan fingerprint density at radius 3 is 3.05 bits per heavy atom. The van der Waals surface area contributed by atoms with Gasteiger partial charge in [-0.3, -0.25) is 11.3 Å². The van der Waals surface area contributed by atoms with Crippen LogP contribution in [0.1, 0.15) is 36.9 Å². The monoisotopic (exact) mass is 267 g/mol. The first-order valence-electron chi connectivity index (χ1n) is 6.82. The third-order valence-corrected chi connectivity index (χ3v) is 4.20. The fraction of sp³-hybridized carbons (Fsp3) is 0.769. The van der Waals surface area contributed by atoms with Crippen molar-refractivity contribution < 1.29 is 13.9 Å². The molecule has 1 aromatic rings. The third-order valence-electron chi connectivity index (χ3n) is 4.20. The van der Waals surface area contributed by atoms with Crippen LogP contribution in [0.2, 0.25) is 0 Å². The average molecular weight is 267 g/mol. The lowest BCUT2D eigenvalue weighted by Gasteiger charge is -2.39. The van der Waals surface area contributed by atoms with Gasteiger partial charge in [-0.05, 0) is 18.8 Å². The van der Waals surface area contributed by atoms with E-state index in [2.05, 4.69) is 10.4 Å². The summed E-state index contributed by atoms with van der Waals surface area (Å²) in [6, 6.07) is 0.0128. The molecule has 3 unspecified atom stereocenters. The molecule has 0 saturated carbocycles. The molecule has 0 amide bonds. The Balaban J connectivity index is 1.76. The van der Waals surface area contributed by atoms with Crippen molar-refractivity contribution in [3.63, 3.8) is 0 Å². The van der Waals surface area contributed by atoms with Crippen molar-refractivity contribution in [2.45, 2.75) is 37.8 Å². The maximum atomic E-state index is 5.95. The number of nitrogens with one attached hydrogen (secondary N) is 1. The number of nitrogens with two attached hydrogens (primary N) is 1. The zero-order valence-corrected chi connectivity index (χ0v) is 11.2.